The Bertz CT molecular complexity index is 483. The zero-order valence-corrected chi connectivity index (χ0v) is 10.7. The lowest BCUT2D eigenvalue weighted by atomic mass is 10.2. The molecule has 0 saturated heterocycles. The van der Waals surface area contributed by atoms with Crippen LogP contribution in [-0.4, -0.2) is 0 Å². The number of hydrogen-bond acceptors (Lipinski definition) is 1. The predicted molar refractivity (Wildman–Crippen MR) is 73.1 cm³/mol. The summed E-state index contributed by atoms with van der Waals surface area (Å²) in [5, 5.41) is 4.57. The van der Waals surface area contributed by atoms with Crippen LogP contribution in [0.2, 0.25) is 10.0 Å². The molecule has 0 aromatic heterocycles. The van der Waals surface area contributed by atoms with Crippen molar-refractivity contribution in [1.29, 1.82) is 0 Å². The van der Waals surface area contributed by atoms with Gasteiger partial charge in [-0.1, -0.05) is 59.6 Å². The van der Waals surface area contributed by atoms with Gasteiger partial charge in [-0.2, -0.15) is 0 Å². The van der Waals surface area contributed by atoms with Crippen LogP contribution < -0.4 is 5.32 Å². The summed E-state index contributed by atoms with van der Waals surface area (Å²) in [6.07, 6.45) is 0. The monoisotopic (exact) mass is 264 g/mol. The smallest absolute Gasteiger partial charge is 0.0521 e. The minimum atomic E-state index is 0.658. The van der Waals surface area contributed by atoms with Gasteiger partial charge in [0.15, 0.2) is 0 Å². The topological polar surface area (TPSA) is 12.0 Å². The second-order valence-corrected chi connectivity index (χ2v) is 4.52. The average molecular weight is 265 g/mol. The molecular formula is C14H12Cl2N. The van der Waals surface area contributed by atoms with Crippen LogP contribution in [0.5, 0.6) is 0 Å². The molecule has 87 valence electrons. The largest absolute Gasteiger partial charge is 0.304 e. The molecule has 1 radical (unpaired) electrons. The van der Waals surface area contributed by atoms with Crippen molar-refractivity contribution in [1.82, 2.24) is 5.32 Å². The summed E-state index contributed by atoms with van der Waals surface area (Å²) >= 11 is 11.9. The van der Waals surface area contributed by atoms with E-state index in [1.54, 1.807) is 6.07 Å². The first-order chi connectivity index (χ1) is 8.25. The molecule has 3 heteroatoms. The van der Waals surface area contributed by atoms with Gasteiger partial charge in [0.1, 0.15) is 0 Å². The minimum absolute atomic E-state index is 0.658. The molecular weight excluding hydrogens is 253 g/mol. The van der Waals surface area contributed by atoms with Crippen LogP contribution in [-0.2, 0) is 6.54 Å². The zero-order valence-electron chi connectivity index (χ0n) is 9.16. The number of hydrogen-bond donors (Lipinski definition) is 1. The van der Waals surface area contributed by atoms with Crippen molar-refractivity contribution in [3.05, 3.63) is 76.2 Å². The molecule has 1 N–H and O–H groups in total. The highest BCUT2D eigenvalue weighted by Gasteiger charge is 2.00. The highest BCUT2D eigenvalue weighted by molar-refractivity contribution is 6.35. The van der Waals surface area contributed by atoms with Crippen molar-refractivity contribution in [2.75, 3.05) is 0 Å². The maximum Gasteiger partial charge on any atom is 0.0521 e. The molecule has 17 heavy (non-hydrogen) atoms. The molecule has 0 amide bonds. The molecule has 0 spiro atoms. The van der Waals surface area contributed by atoms with E-state index in [-0.39, 0.29) is 0 Å². The third-order valence-corrected chi connectivity index (χ3v) is 2.96. The first-order valence-corrected chi connectivity index (χ1v) is 6.07. The van der Waals surface area contributed by atoms with Crippen molar-refractivity contribution in [3.63, 3.8) is 0 Å². The molecule has 1 nitrogen and oxygen atoms in total. The van der Waals surface area contributed by atoms with Gasteiger partial charge in [-0.15, -0.1) is 0 Å². The summed E-state index contributed by atoms with van der Waals surface area (Å²) in [5.74, 6) is 0. The van der Waals surface area contributed by atoms with E-state index >= 15 is 0 Å². The Kier molecular flexibility index (Phi) is 4.43. The fourth-order valence-electron chi connectivity index (χ4n) is 1.49. The Hall–Kier alpha value is -1.02. The molecule has 0 aliphatic rings. The van der Waals surface area contributed by atoms with E-state index in [4.69, 9.17) is 23.2 Å². The maximum absolute atomic E-state index is 6.07. The van der Waals surface area contributed by atoms with E-state index in [1.807, 2.05) is 49.0 Å². The maximum atomic E-state index is 6.07. The van der Waals surface area contributed by atoms with Gasteiger partial charge in [0.05, 0.1) is 6.54 Å². The van der Waals surface area contributed by atoms with Gasteiger partial charge in [0.25, 0.3) is 0 Å². The van der Waals surface area contributed by atoms with E-state index < -0.39 is 0 Å². The second-order valence-electron chi connectivity index (χ2n) is 3.67. The lowest BCUT2D eigenvalue weighted by Crippen LogP contribution is -2.10. The summed E-state index contributed by atoms with van der Waals surface area (Å²) in [5.41, 5.74) is 2.17. The number of nitrogens with one attached hydrogen (secondary N) is 1. The summed E-state index contributed by atoms with van der Waals surface area (Å²) in [6.45, 7) is 2.65. The van der Waals surface area contributed by atoms with Gasteiger partial charge in [-0.3, -0.25) is 0 Å². The summed E-state index contributed by atoms with van der Waals surface area (Å²) < 4.78 is 0. The SMILES string of the molecule is Clc1ccc(CN[CH]c2ccccc2)c(Cl)c1. The average Bonchev–Trinajstić information content (AvgIpc) is 2.33. The van der Waals surface area contributed by atoms with Crippen molar-refractivity contribution in [3.8, 4) is 0 Å². The Labute approximate surface area is 111 Å². The Morgan fingerprint density at radius 1 is 1.00 bits per heavy atom. The fraction of sp³-hybridized carbons (Fsp3) is 0.0714. The molecule has 0 aliphatic carbocycles. The van der Waals surface area contributed by atoms with E-state index in [0.717, 1.165) is 11.1 Å². The third-order valence-electron chi connectivity index (χ3n) is 2.38. The standard InChI is InChI=1S/C14H12Cl2N/c15-13-7-6-12(14(16)8-13)10-17-9-11-4-2-1-3-5-11/h1-9,17H,10H2. The van der Waals surface area contributed by atoms with Crippen LogP contribution in [0.1, 0.15) is 11.1 Å². The molecule has 0 bridgehead atoms. The second kappa shape index (κ2) is 6.06. The Balaban J connectivity index is 1.90. The first kappa shape index (κ1) is 12.4. The lowest BCUT2D eigenvalue weighted by molar-refractivity contribution is 0.819. The lowest BCUT2D eigenvalue weighted by Gasteiger charge is -2.06. The quantitative estimate of drug-likeness (QED) is 0.869. The van der Waals surface area contributed by atoms with Crippen molar-refractivity contribution >= 4 is 23.2 Å². The van der Waals surface area contributed by atoms with E-state index in [9.17, 15) is 0 Å². The van der Waals surface area contributed by atoms with E-state index in [2.05, 4.69) is 5.32 Å². The summed E-state index contributed by atoms with van der Waals surface area (Å²) in [6, 6.07) is 15.6. The minimum Gasteiger partial charge on any atom is -0.304 e. The molecule has 0 aliphatic heterocycles. The van der Waals surface area contributed by atoms with Gasteiger partial charge >= 0.3 is 0 Å². The molecule has 0 heterocycles. The molecule has 0 unspecified atom stereocenters. The van der Waals surface area contributed by atoms with E-state index in [1.165, 1.54) is 0 Å². The molecule has 0 atom stereocenters. The van der Waals surface area contributed by atoms with Gasteiger partial charge in [0, 0.05) is 16.6 Å². The van der Waals surface area contributed by atoms with Crippen LogP contribution in [0.3, 0.4) is 0 Å². The number of rotatable bonds is 4. The van der Waals surface area contributed by atoms with Crippen LogP contribution in [0.25, 0.3) is 0 Å². The number of benzene rings is 2. The summed E-state index contributed by atoms with van der Waals surface area (Å²) in [7, 11) is 0. The van der Waals surface area contributed by atoms with Crippen molar-refractivity contribution in [2.45, 2.75) is 6.54 Å². The summed E-state index contributed by atoms with van der Waals surface area (Å²) in [4.78, 5) is 0. The van der Waals surface area contributed by atoms with Gasteiger partial charge in [0.2, 0.25) is 0 Å². The fourth-order valence-corrected chi connectivity index (χ4v) is 1.97. The van der Waals surface area contributed by atoms with Gasteiger partial charge in [-0.05, 0) is 23.3 Å². The molecule has 2 aromatic rings. The Morgan fingerprint density at radius 2 is 1.76 bits per heavy atom. The molecule has 2 aromatic carbocycles. The molecule has 0 saturated carbocycles. The van der Waals surface area contributed by atoms with Crippen molar-refractivity contribution in [2.24, 2.45) is 0 Å². The van der Waals surface area contributed by atoms with E-state index in [0.29, 0.717) is 16.6 Å². The highest BCUT2D eigenvalue weighted by Crippen LogP contribution is 2.20. The van der Waals surface area contributed by atoms with Gasteiger partial charge in [-0.25, -0.2) is 0 Å². The Morgan fingerprint density at radius 3 is 2.47 bits per heavy atom. The first-order valence-electron chi connectivity index (χ1n) is 5.31. The third kappa shape index (κ3) is 3.74. The van der Waals surface area contributed by atoms with Crippen molar-refractivity contribution < 1.29 is 0 Å². The molecule has 2 rings (SSSR count). The predicted octanol–water partition coefficient (Wildman–Crippen LogP) is 4.29. The zero-order chi connectivity index (χ0) is 12.1. The van der Waals surface area contributed by atoms with Gasteiger partial charge < -0.3 is 5.32 Å². The molecule has 0 fully saturated rings. The van der Waals surface area contributed by atoms with Crippen LogP contribution in [0.15, 0.2) is 48.5 Å². The van der Waals surface area contributed by atoms with Crippen LogP contribution in [0, 0.1) is 6.54 Å². The van der Waals surface area contributed by atoms with Crippen LogP contribution >= 0.6 is 23.2 Å². The number of halogens is 2. The normalized spacial score (nSPS) is 10.5. The van der Waals surface area contributed by atoms with Crippen LogP contribution in [0.4, 0.5) is 0 Å². The highest BCUT2D eigenvalue weighted by atomic mass is 35.5.